The Hall–Kier alpha value is -5.18. The van der Waals surface area contributed by atoms with Crippen molar-refractivity contribution < 1.29 is 50.9 Å². The van der Waals surface area contributed by atoms with E-state index in [9.17, 15) is 31.1 Å². The number of aryl methyl sites for hydroxylation is 1. The Morgan fingerprint density at radius 3 is 1.98 bits per heavy atom. The van der Waals surface area contributed by atoms with Gasteiger partial charge in [0.15, 0.2) is 0 Å². The summed E-state index contributed by atoms with van der Waals surface area (Å²) in [4.78, 5) is 37.3. The first kappa shape index (κ1) is 37.3. The number of nitrogens with one attached hydrogen (secondary N) is 1. The third kappa shape index (κ3) is 10.4. The number of nitrogens with zero attached hydrogens (tertiary/aromatic N) is 2. The molecular weight excluding hydrogens is 646 g/mol. The van der Waals surface area contributed by atoms with Crippen LogP contribution in [0, 0.1) is 6.92 Å². The number of fused-ring (bicyclic) bond motifs is 1. The molecule has 0 radical (unpaired) electrons. The molecule has 0 aliphatic carbocycles. The van der Waals surface area contributed by atoms with Gasteiger partial charge in [-0.2, -0.15) is 26.3 Å². The minimum Gasteiger partial charge on any atom is -0.475 e. The van der Waals surface area contributed by atoms with Gasteiger partial charge in [-0.1, -0.05) is 66.7 Å². The van der Waals surface area contributed by atoms with Gasteiger partial charge in [0.25, 0.3) is 0 Å². The van der Waals surface area contributed by atoms with Gasteiger partial charge < -0.3 is 26.2 Å². The SMILES string of the molecule is Cc1cncc2cccc(NC3CCCN(C(=O)C(N)c4ccc(-c5ccccc5)cc4)C3)c12.O=C(O)C(F)(F)F.O=C(O)C(F)(F)F. The van der Waals surface area contributed by atoms with Gasteiger partial charge in [-0.15, -0.1) is 0 Å². The van der Waals surface area contributed by atoms with Crippen molar-refractivity contribution in [3.05, 3.63) is 96.3 Å². The molecule has 0 spiro atoms. The molecule has 9 nitrogen and oxygen atoms in total. The third-order valence-corrected chi connectivity index (χ3v) is 7.19. The second kappa shape index (κ2) is 16.1. The molecular formula is C33H32F6N4O5. The fraction of sp³-hybridized carbons (Fsp3) is 0.273. The van der Waals surface area contributed by atoms with Crippen LogP contribution in [0.2, 0.25) is 0 Å². The van der Waals surface area contributed by atoms with Gasteiger partial charge in [-0.25, -0.2) is 9.59 Å². The van der Waals surface area contributed by atoms with E-state index >= 15 is 0 Å². The summed E-state index contributed by atoms with van der Waals surface area (Å²) in [5, 5.41) is 20.3. The number of anilines is 1. The average molecular weight is 679 g/mol. The zero-order valence-corrected chi connectivity index (χ0v) is 25.4. The zero-order valence-electron chi connectivity index (χ0n) is 25.4. The number of hydrogen-bond donors (Lipinski definition) is 4. The highest BCUT2D eigenvalue weighted by Crippen LogP contribution is 2.28. The van der Waals surface area contributed by atoms with Crippen molar-refractivity contribution in [1.29, 1.82) is 0 Å². The summed E-state index contributed by atoms with van der Waals surface area (Å²) in [5.74, 6) is -5.53. The Kier molecular flexibility index (Phi) is 12.5. The molecule has 48 heavy (non-hydrogen) atoms. The molecule has 0 saturated carbocycles. The number of rotatable bonds is 5. The molecule has 5 N–H and O–H groups in total. The predicted molar refractivity (Wildman–Crippen MR) is 166 cm³/mol. The standard InChI is InChI=1S/C29H30N4O.2C2HF3O2/c1-20-17-31-18-24-9-5-11-26(27(20)24)32-25-10-6-16-33(19-25)29(34)28(30)23-14-12-22(13-15-23)21-7-3-2-4-8-21;2*3-2(4,5)1(6)7/h2-5,7-9,11-15,17-18,25,28,32H,6,10,16,19,30H2,1H3;2*(H,6,7). The first-order valence-electron chi connectivity index (χ1n) is 14.4. The number of aliphatic carboxylic acids is 2. The van der Waals surface area contributed by atoms with Crippen molar-refractivity contribution >= 4 is 34.3 Å². The number of halogens is 6. The molecule has 1 fully saturated rings. The highest BCUT2D eigenvalue weighted by molar-refractivity contribution is 5.96. The van der Waals surface area contributed by atoms with E-state index in [0.29, 0.717) is 6.54 Å². The molecule has 1 amide bonds. The van der Waals surface area contributed by atoms with Crippen LogP contribution >= 0.6 is 0 Å². The number of alkyl halides is 6. The Balaban J connectivity index is 0.000000376. The number of carbonyl (C=O) groups is 3. The van der Waals surface area contributed by atoms with Crippen LogP contribution in [0.1, 0.15) is 30.0 Å². The van der Waals surface area contributed by atoms with Crippen LogP contribution < -0.4 is 11.1 Å². The van der Waals surface area contributed by atoms with E-state index in [1.807, 2.05) is 65.8 Å². The molecule has 1 aliphatic heterocycles. The van der Waals surface area contributed by atoms with Gasteiger partial charge >= 0.3 is 24.3 Å². The summed E-state index contributed by atoms with van der Waals surface area (Å²) in [6.07, 6.45) is -4.40. The maximum absolute atomic E-state index is 13.3. The van der Waals surface area contributed by atoms with Gasteiger partial charge in [0, 0.05) is 48.0 Å². The van der Waals surface area contributed by atoms with E-state index in [-0.39, 0.29) is 11.9 Å². The fourth-order valence-electron chi connectivity index (χ4n) is 4.90. The van der Waals surface area contributed by atoms with Crippen molar-refractivity contribution in [2.75, 3.05) is 18.4 Å². The summed E-state index contributed by atoms with van der Waals surface area (Å²) < 4.78 is 63.5. The number of amides is 1. The van der Waals surface area contributed by atoms with Crippen LogP contribution in [-0.4, -0.2) is 69.4 Å². The van der Waals surface area contributed by atoms with Gasteiger partial charge in [0.1, 0.15) is 6.04 Å². The average Bonchev–Trinajstić information content (AvgIpc) is 3.04. The lowest BCUT2D eigenvalue weighted by Gasteiger charge is -2.35. The largest absolute Gasteiger partial charge is 0.490 e. The van der Waals surface area contributed by atoms with E-state index in [0.717, 1.165) is 52.7 Å². The number of aromatic nitrogens is 1. The van der Waals surface area contributed by atoms with E-state index in [2.05, 4.69) is 41.5 Å². The van der Waals surface area contributed by atoms with Crippen molar-refractivity contribution in [2.45, 2.75) is 44.2 Å². The molecule has 2 unspecified atom stereocenters. The fourth-order valence-corrected chi connectivity index (χ4v) is 4.90. The number of carboxylic acids is 2. The number of piperidine rings is 1. The van der Waals surface area contributed by atoms with Gasteiger partial charge in [-0.05, 0) is 48.1 Å². The molecule has 4 aromatic rings. The lowest BCUT2D eigenvalue weighted by Crippen LogP contribution is -2.48. The monoisotopic (exact) mass is 678 g/mol. The van der Waals surface area contributed by atoms with Gasteiger partial charge in [0.2, 0.25) is 5.91 Å². The number of pyridine rings is 1. The van der Waals surface area contributed by atoms with Crippen LogP contribution in [0.5, 0.6) is 0 Å². The molecule has 256 valence electrons. The van der Waals surface area contributed by atoms with Crippen LogP contribution in [0.25, 0.3) is 21.9 Å². The van der Waals surface area contributed by atoms with Gasteiger partial charge in [0.05, 0.1) is 0 Å². The number of likely N-dealkylation sites (tertiary alicyclic amines) is 1. The quantitative estimate of drug-likeness (QED) is 0.173. The summed E-state index contributed by atoms with van der Waals surface area (Å²) in [6, 6.07) is 24.0. The van der Waals surface area contributed by atoms with Crippen molar-refractivity contribution in [3.63, 3.8) is 0 Å². The highest BCUT2D eigenvalue weighted by Gasteiger charge is 2.39. The first-order chi connectivity index (χ1) is 22.5. The molecule has 0 bridgehead atoms. The Labute approximate surface area is 271 Å². The van der Waals surface area contributed by atoms with Crippen molar-refractivity contribution in [3.8, 4) is 11.1 Å². The number of hydrogen-bond acceptors (Lipinski definition) is 6. The van der Waals surface area contributed by atoms with E-state index < -0.39 is 30.3 Å². The Morgan fingerprint density at radius 2 is 1.42 bits per heavy atom. The van der Waals surface area contributed by atoms with E-state index in [1.165, 1.54) is 5.39 Å². The Morgan fingerprint density at radius 1 is 0.854 bits per heavy atom. The van der Waals surface area contributed by atoms with Crippen molar-refractivity contribution in [2.24, 2.45) is 5.73 Å². The minimum atomic E-state index is -5.08. The molecule has 2 heterocycles. The maximum Gasteiger partial charge on any atom is 0.490 e. The Bertz CT molecular complexity index is 1670. The first-order valence-corrected chi connectivity index (χ1v) is 14.4. The minimum absolute atomic E-state index is 0.0164. The zero-order chi connectivity index (χ0) is 35.6. The predicted octanol–water partition coefficient (Wildman–Crippen LogP) is 6.58. The lowest BCUT2D eigenvalue weighted by molar-refractivity contribution is -0.193. The summed E-state index contributed by atoms with van der Waals surface area (Å²) in [7, 11) is 0. The van der Waals surface area contributed by atoms with E-state index in [4.69, 9.17) is 25.5 Å². The smallest absolute Gasteiger partial charge is 0.475 e. The molecule has 5 rings (SSSR count). The number of nitrogens with two attached hydrogens (primary N) is 1. The normalized spacial score (nSPS) is 15.2. The van der Waals surface area contributed by atoms with Crippen LogP contribution in [0.15, 0.2) is 85.2 Å². The third-order valence-electron chi connectivity index (χ3n) is 7.19. The lowest BCUT2D eigenvalue weighted by atomic mass is 9.99. The maximum atomic E-state index is 13.3. The number of carboxylic acid groups (broad SMARTS) is 2. The topological polar surface area (TPSA) is 146 Å². The van der Waals surface area contributed by atoms with Crippen LogP contribution in [-0.2, 0) is 14.4 Å². The van der Waals surface area contributed by atoms with Crippen LogP contribution in [0.4, 0.5) is 32.0 Å². The molecule has 2 atom stereocenters. The molecule has 3 aromatic carbocycles. The molecule has 1 aliphatic rings. The van der Waals surface area contributed by atoms with Crippen LogP contribution in [0.3, 0.4) is 0 Å². The highest BCUT2D eigenvalue weighted by atomic mass is 19.4. The summed E-state index contributed by atoms with van der Waals surface area (Å²) in [6.45, 7) is 3.47. The second-order valence-electron chi connectivity index (χ2n) is 10.7. The second-order valence-corrected chi connectivity index (χ2v) is 10.7. The van der Waals surface area contributed by atoms with Gasteiger partial charge in [-0.3, -0.25) is 9.78 Å². The molecule has 1 saturated heterocycles. The number of benzene rings is 3. The summed E-state index contributed by atoms with van der Waals surface area (Å²) >= 11 is 0. The molecule has 15 heteroatoms. The summed E-state index contributed by atoms with van der Waals surface area (Å²) in [5.41, 5.74) is 11.8. The molecule has 1 aromatic heterocycles. The van der Waals surface area contributed by atoms with E-state index in [1.54, 1.807) is 0 Å². The van der Waals surface area contributed by atoms with Crippen molar-refractivity contribution in [1.82, 2.24) is 9.88 Å². The number of carbonyl (C=O) groups excluding carboxylic acids is 1.